The Hall–Kier alpha value is -0.650. The van der Waals surface area contributed by atoms with Gasteiger partial charge in [0.2, 0.25) is 0 Å². The van der Waals surface area contributed by atoms with Crippen molar-refractivity contribution in [3.63, 3.8) is 0 Å². The third-order valence-corrected chi connectivity index (χ3v) is 4.39. The lowest BCUT2D eigenvalue weighted by Crippen LogP contribution is -2.46. The summed E-state index contributed by atoms with van der Waals surface area (Å²) in [4.78, 5) is 13.4. The molecule has 0 fully saturated rings. The minimum atomic E-state index is -0.747. The zero-order valence-electron chi connectivity index (χ0n) is 15.1. The molecule has 5 N–H and O–H groups in total. The summed E-state index contributed by atoms with van der Waals surface area (Å²) in [5, 5.41) is 9.42. The summed E-state index contributed by atoms with van der Waals surface area (Å²) in [5.41, 5.74) is 11.2. The average Bonchev–Trinajstić information content (AvgIpc) is 2.52. The van der Waals surface area contributed by atoms with Crippen LogP contribution in [0, 0.1) is 0 Å². The first-order valence-corrected chi connectivity index (χ1v) is 9.54. The van der Waals surface area contributed by atoms with Crippen LogP contribution in [-0.2, 0) is 4.79 Å². The van der Waals surface area contributed by atoms with Crippen LogP contribution >= 0.6 is 0 Å². The fraction of sp³-hybridized carbons (Fsp3) is 0.944. The van der Waals surface area contributed by atoms with E-state index in [4.69, 9.17) is 11.5 Å². The molecule has 0 heterocycles. The molecule has 0 saturated heterocycles. The standard InChI is InChI=1S/C18H39N3O2/c1-2-3-4-5-6-7-8-9-10-11-12-17(18(22)23)21(15-13-19)16-14-20/h17H,2-16,19-20H2,1H3,(H,22,23). The molecule has 0 spiro atoms. The van der Waals surface area contributed by atoms with E-state index in [1.807, 2.05) is 4.90 Å². The highest BCUT2D eigenvalue weighted by Gasteiger charge is 2.23. The minimum absolute atomic E-state index is 0.434. The smallest absolute Gasteiger partial charge is 0.320 e. The summed E-state index contributed by atoms with van der Waals surface area (Å²) < 4.78 is 0. The Morgan fingerprint density at radius 2 is 1.30 bits per heavy atom. The van der Waals surface area contributed by atoms with Crippen molar-refractivity contribution in [2.75, 3.05) is 26.2 Å². The van der Waals surface area contributed by atoms with Crippen molar-refractivity contribution in [3.05, 3.63) is 0 Å². The van der Waals surface area contributed by atoms with E-state index < -0.39 is 12.0 Å². The van der Waals surface area contributed by atoms with Crippen LogP contribution in [0.3, 0.4) is 0 Å². The molecule has 23 heavy (non-hydrogen) atoms. The second kappa shape index (κ2) is 16.2. The number of nitrogens with two attached hydrogens (primary N) is 2. The van der Waals surface area contributed by atoms with E-state index >= 15 is 0 Å². The molecule has 0 aromatic carbocycles. The molecule has 0 aromatic heterocycles. The molecular formula is C18H39N3O2. The largest absolute Gasteiger partial charge is 0.480 e. The highest BCUT2D eigenvalue weighted by Crippen LogP contribution is 2.14. The van der Waals surface area contributed by atoms with Gasteiger partial charge in [-0.2, -0.15) is 0 Å². The first-order valence-electron chi connectivity index (χ1n) is 9.54. The minimum Gasteiger partial charge on any atom is -0.480 e. The van der Waals surface area contributed by atoms with Crippen LogP contribution in [0.25, 0.3) is 0 Å². The summed E-state index contributed by atoms with van der Waals surface area (Å²) in [6, 6.07) is -0.434. The number of hydrogen-bond acceptors (Lipinski definition) is 4. The number of carboxylic acid groups (broad SMARTS) is 1. The van der Waals surface area contributed by atoms with E-state index in [1.165, 1.54) is 51.4 Å². The Kier molecular flexibility index (Phi) is 15.8. The molecule has 0 aromatic rings. The van der Waals surface area contributed by atoms with Gasteiger partial charge in [0.1, 0.15) is 6.04 Å². The monoisotopic (exact) mass is 329 g/mol. The Labute approximate surface area is 142 Å². The van der Waals surface area contributed by atoms with Gasteiger partial charge in [0.25, 0.3) is 0 Å². The summed E-state index contributed by atoms with van der Waals surface area (Å²) in [5.74, 6) is -0.747. The van der Waals surface area contributed by atoms with Crippen molar-refractivity contribution >= 4 is 5.97 Å². The van der Waals surface area contributed by atoms with Crippen molar-refractivity contribution in [2.45, 2.75) is 83.6 Å². The predicted molar refractivity (Wildman–Crippen MR) is 97.6 cm³/mol. The molecule has 1 unspecified atom stereocenters. The van der Waals surface area contributed by atoms with E-state index in [1.54, 1.807) is 0 Å². The van der Waals surface area contributed by atoms with Crippen LogP contribution in [0.15, 0.2) is 0 Å². The summed E-state index contributed by atoms with van der Waals surface area (Å²) >= 11 is 0. The normalized spacial score (nSPS) is 12.7. The van der Waals surface area contributed by atoms with E-state index in [0.717, 1.165) is 12.8 Å². The first-order chi connectivity index (χ1) is 11.2. The van der Waals surface area contributed by atoms with Gasteiger partial charge in [0.05, 0.1) is 0 Å². The van der Waals surface area contributed by atoms with E-state index in [2.05, 4.69) is 6.92 Å². The molecule has 0 aliphatic carbocycles. The SMILES string of the molecule is CCCCCCCCCCCCC(C(=O)O)N(CCN)CCN. The fourth-order valence-electron chi connectivity index (χ4n) is 3.04. The molecule has 0 bridgehead atoms. The van der Waals surface area contributed by atoms with Crippen molar-refractivity contribution < 1.29 is 9.90 Å². The van der Waals surface area contributed by atoms with Crippen molar-refractivity contribution in [1.82, 2.24) is 4.90 Å². The van der Waals surface area contributed by atoms with Crippen molar-refractivity contribution in [3.8, 4) is 0 Å². The molecule has 0 radical (unpaired) electrons. The number of carboxylic acids is 1. The van der Waals surface area contributed by atoms with Crippen molar-refractivity contribution in [2.24, 2.45) is 11.5 Å². The van der Waals surface area contributed by atoms with Gasteiger partial charge < -0.3 is 16.6 Å². The second-order valence-corrected chi connectivity index (χ2v) is 6.44. The number of aliphatic carboxylic acids is 1. The Morgan fingerprint density at radius 3 is 1.70 bits per heavy atom. The van der Waals surface area contributed by atoms with Gasteiger partial charge in [0.15, 0.2) is 0 Å². The number of nitrogens with zero attached hydrogens (tertiary/aromatic N) is 1. The maximum absolute atomic E-state index is 11.5. The van der Waals surface area contributed by atoms with Crippen LogP contribution in [0.1, 0.15) is 77.6 Å². The third kappa shape index (κ3) is 12.4. The Morgan fingerprint density at radius 1 is 0.870 bits per heavy atom. The Bertz CT molecular complexity index is 269. The van der Waals surface area contributed by atoms with Crippen LogP contribution in [-0.4, -0.2) is 48.2 Å². The van der Waals surface area contributed by atoms with Gasteiger partial charge in [0, 0.05) is 26.2 Å². The number of carbonyl (C=O) groups is 1. The maximum atomic E-state index is 11.5. The van der Waals surface area contributed by atoms with Gasteiger partial charge in [-0.3, -0.25) is 9.69 Å². The van der Waals surface area contributed by atoms with E-state index in [-0.39, 0.29) is 0 Å². The van der Waals surface area contributed by atoms with Gasteiger partial charge in [-0.1, -0.05) is 71.1 Å². The summed E-state index contributed by atoms with van der Waals surface area (Å²) in [7, 11) is 0. The lowest BCUT2D eigenvalue weighted by molar-refractivity contribution is -0.143. The number of unbranched alkanes of at least 4 members (excludes halogenated alkanes) is 9. The molecule has 0 aliphatic heterocycles. The maximum Gasteiger partial charge on any atom is 0.320 e. The molecule has 5 heteroatoms. The lowest BCUT2D eigenvalue weighted by Gasteiger charge is -2.27. The quantitative estimate of drug-likeness (QED) is 0.357. The second-order valence-electron chi connectivity index (χ2n) is 6.44. The molecule has 0 amide bonds. The third-order valence-electron chi connectivity index (χ3n) is 4.39. The molecule has 0 aliphatic rings. The number of hydrogen-bond donors (Lipinski definition) is 3. The summed E-state index contributed by atoms with van der Waals surface area (Å²) in [6.45, 7) is 4.40. The first kappa shape index (κ1) is 22.4. The molecule has 0 rings (SSSR count). The summed E-state index contributed by atoms with van der Waals surface area (Å²) in [6.07, 6.45) is 13.3. The van der Waals surface area contributed by atoms with E-state index in [9.17, 15) is 9.90 Å². The van der Waals surface area contributed by atoms with E-state index in [0.29, 0.717) is 32.6 Å². The van der Waals surface area contributed by atoms with Gasteiger partial charge >= 0.3 is 5.97 Å². The van der Waals surface area contributed by atoms with Gasteiger partial charge in [-0.25, -0.2) is 0 Å². The number of rotatable bonds is 17. The van der Waals surface area contributed by atoms with Crippen LogP contribution < -0.4 is 11.5 Å². The Balaban J connectivity index is 3.77. The van der Waals surface area contributed by atoms with Gasteiger partial charge in [-0.15, -0.1) is 0 Å². The average molecular weight is 330 g/mol. The molecule has 138 valence electrons. The molecule has 0 saturated carbocycles. The van der Waals surface area contributed by atoms with Crippen LogP contribution in [0.2, 0.25) is 0 Å². The topological polar surface area (TPSA) is 92.6 Å². The lowest BCUT2D eigenvalue weighted by atomic mass is 10.0. The van der Waals surface area contributed by atoms with Crippen LogP contribution in [0.4, 0.5) is 0 Å². The van der Waals surface area contributed by atoms with Crippen molar-refractivity contribution in [1.29, 1.82) is 0 Å². The molecule has 1 atom stereocenters. The fourth-order valence-corrected chi connectivity index (χ4v) is 3.04. The zero-order valence-corrected chi connectivity index (χ0v) is 15.1. The molecular weight excluding hydrogens is 290 g/mol. The highest BCUT2D eigenvalue weighted by molar-refractivity contribution is 5.73. The zero-order chi connectivity index (χ0) is 17.3. The highest BCUT2D eigenvalue weighted by atomic mass is 16.4. The predicted octanol–water partition coefficient (Wildman–Crippen LogP) is 2.97. The van der Waals surface area contributed by atoms with Crippen LogP contribution in [0.5, 0.6) is 0 Å². The molecule has 5 nitrogen and oxygen atoms in total. The van der Waals surface area contributed by atoms with Gasteiger partial charge in [-0.05, 0) is 6.42 Å².